The first-order chi connectivity index (χ1) is 12.9. The average molecular weight is 415 g/mol. The van der Waals surface area contributed by atoms with Crippen LogP contribution in [0.25, 0.3) is 0 Å². The minimum Gasteiger partial charge on any atom is -0.497 e. The van der Waals surface area contributed by atoms with Gasteiger partial charge in [0.15, 0.2) is 0 Å². The Morgan fingerprint density at radius 2 is 1.89 bits per heavy atom. The van der Waals surface area contributed by atoms with Crippen LogP contribution < -0.4 is 14.4 Å². The molecule has 1 N–H and O–H groups in total. The van der Waals surface area contributed by atoms with Crippen molar-refractivity contribution in [1.29, 1.82) is 0 Å². The lowest BCUT2D eigenvalue weighted by Gasteiger charge is -2.22. The summed E-state index contributed by atoms with van der Waals surface area (Å²) >= 11 is 2.00. The second-order valence-electron chi connectivity index (χ2n) is 6.80. The number of nitrogens with zero attached hydrogens (tertiary/aromatic N) is 1. The van der Waals surface area contributed by atoms with Gasteiger partial charge in [0.05, 0.1) is 19.1 Å². The van der Waals surface area contributed by atoms with E-state index < -0.39 is 10.0 Å². The molecule has 1 aliphatic rings. The molecule has 0 radical (unpaired) electrons. The summed E-state index contributed by atoms with van der Waals surface area (Å²) in [5.41, 5.74) is 0.446. The Hall–Kier alpha value is -1.41. The van der Waals surface area contributed by atoms with Crippen molar-refractivity contribution in [2.24, 2.45) is 0 Å². The summed E-state index contributed by atoms with van der Waals surface area (Å²) in [4.78, 5) is 12.2. The topological polar surface area (TPSA) is 75.7 Å². The molecule has 1 amide bonds. The number of ether oxygens (including phenoxy) is 1. The van der Waals surface area contributed by atoms with E-state index in [4.69, 9.17) is 4.74 Å². The van der Waals surface area contributed by atoms with Crippen molar-refractivity contribution in [2.75, 3.05) is 36.5 Å². The largest absolute Gasteiger partial charge is 0.497 e. The molecule has 0 aromatic heterocycles. The number of rotatable bonds is 10. The number of amides is 1. The first kappa shape index (κ1) is 21.9. The minimum atomic E-state index is -3.55. The van der Waals surface area contributed by atoms with E-state index in [1.807, 2.05) is 11.8 Å². The van der Waals surface area contributed by atoms with E-state index in [2.05, 4.69) is 5.32 Å². The number of benzene rings is 1. The Labute approximate surface area is 167 Å². The molecule has 1 aromatic carbocycles. The van der Waals surface area contributed by atoms with Crippen LogP contribution in [0.4, 0.5) is 5.69 Å². The summed E-state index contributed by atoms with van der Waals surface area (Å²) in [6.07, 6.45) is 8.64. The zero-order chi connectivity index (χ0) is 19.7. The fourth-order valence-corrected chi connectivity index (χ4v) is 5.28. The molecule has 1 aliphatic carbocycles. The lowest BCUT2D eigenvalue weighted by molar-refractivity contribution is -0.119. The Balaban J connectivity index is 1.77. The third-order valence-electron chi connectivity index (χ3n) is 4.60. The van der Waals surface area contributed by atoms with Crippen molar-refractivity contribution in [3.8, 4) is 5.75 Å². The fourth-order valence-electron chi connectivity index (χ4n) is 3.12. The molecule has 0 aliphatic heterocycles. The standard InChI is InChI=1S/C19H30N2O4S2/c1-25-17-11-9-16(10-12-17)21(27(2,23)24)15-19(22)20-13-6-14-26-18-7-4-3-5-8-18/h9-12,18H,3-8,13-15H2,1-2H3,(H,20,22). The summed E-state index contributed by atoms with van der Waals surface area (Å²) in [6.45, 7) is 0.347. The van der Waals surface area contributed by atoms with Gasteiger partial charge < -0.3 is 10.1 Å². The van der Waals surface area contributed by atoms with Crippen LogP contribution in [0.5, 0.6) is 5.75 Å². The van der Waals surface area contributed by atoms with Gasteiger partial charge in [0.1, 0.15) is 12.3 Å². The van der Waals surface area contributed by atoms with E-state index in [-0.39, 0.29) is 12.5 Å². The Morgan fingerprint density at radius 1 is 1.22 bits per heavy atom. The van der Waals surface area contributed by atoms with Crippen LogP contribution >= 0.6 is 11.8 Å². The van der Waals surface area contributed by atoms with E-state index >= 15 is 0 Å². The van der Waals surface area contributed by atoms with Crippen molar-refractivity contribution in [1.82, 2.24) is 5.32 Å². The molecule has 0 spiro atoms. The van der Waals surface area contributed by atoms with Gasteiger partial charge in [-0.05, 0) is 49.3 Å². The molecule has 1 saturated carbocycles. The van der Waals surface area contributed by atoms with Gasteiger partial charge in [0.2, 0.25) is 15.9 Å². The minimum absolute atomic E-state index is 0.221. The van der Waals surface area contributed by atoms with E-state index in [0.717, 1.165) is 28.0 Å². The summed E-state index contributed by atoms with van der Waals surface area (Å²) < 4.78 is 30.4. The number of thioether (sulfide) groups is 1. The lowest BCUT2D eigenvalue weighted by atomic mass is 10.0. The maximum absolute atomic E-state index is 12.2. The molecule has 6 nitrogen and oxygen atoms in total. The van der Waals surface area contributed by atoms with E-state index in [9.17, 15) is 13.2 Å². The number of carbonyl (C=O) groups is 1. The second kappa shape index (κ2) is 10.8. The number of hydrogen-bond acceptors (Lipinski definition) is 5. The normalized spacial score (nSPS) is 15.3. The van der Waals surface area contributed by atoms with E-state index in [1.165, 1.54) is 32.1 Å². The quantitative estimate of drug-likeness (QED) is 0.596. The predicted octanol–water partition coefficient (Wildman–Crippen LogP) is 3.03. The fraction of sp³-hybridized carbons (Fsp3) is 0.632. The van der Waals surface area contributed by atoms with Crippen LogP contribution in [0.1, 0.15) is 38.5 Å². The zero-order valence-corrected chi connectivity index (χ0v) is 17.8. The highest BCUT2D eigenvalue weighted by Crippen LogP contribution is 2.28. The third-order valence-corrected chi connectivity index (χ3v) is 7.20. The molecule has 0 heterocycles. The molecular formula is C19H30N2O4S2. The summed E-state index contributed by atoms with van der Waals surface area (Å²) in [5, 5.41) is 3.60. The highest BCUT2D eigenvalue weighted by Gasteiger charge is 2.20. The molecule has 0 saturated heterocycles. The van der Waals surface area contributed by atoms with Crippen LogP contribution in [0.2, 0.25) is 0 Å². The van der Waals surface area contributed by atoms with Gasteiger partial charge in [0.25, 0.3) is 0 Å². The predicted molar refractivity (Wildman–Crippen MR) is 112 cm³/mol. The molecule has 1 fully saturated rings. The molecular weight excluding hydrogens is 384 g/mol. The number of sulfonamides is 1. The average Bonchev–Trinajstić information content (AvgIpc) is 2.66. The maximum atomic E-state index is 12.2. The summed E-state index contributed by atoms with van der Waals surface area (Å²) in [5.74, 6) is 1.37. The summed E-state index contributed by atoms with van der Waals surface area (Å²) in [7, 11) is -2.01. The van der Waals surface area contributed by atoms with Gasteiger partial charge >= 0.3 is 0 Å². The van der Waals surface area contributed by atoms with Gasteiger partial charge in [-0.3, -0.25) is 9.10 Å². The van der Waals surface area contributed by atoms with Crippen LogP contribution in [-0.4, -0.2) is 51.8 Å². The molecule has 0 bridgehead atoms. The molecule has 8 heteroatoms. The van der Waals surface area contributed by atoms with Crippen LogP contribution in [0.3, 0.4) is 0 Å². The molecule has 0 atom stereocenters. The van der Waals surface area contributed by atoms with Gasteiger partial charge in [-0.1, -0.05) is 19.3 Å². The van der Waals surface area contributed by atoms with Crippen LogP contribution in [0, 0.1) is 0 Å². The number of carbonyl (C=O) groups excluding carboxylic acids is 1. The van der Waals surface area contributed by atoms with Gasteiger partial charge in [0, 0.05) is 11.8 Å². The van der Waals surface area contributed by atoms with Gasteiger partial charge in [-0.25, -0.2) is 8.42 Å². The smallest absolute Gasteiger partial charge is 0.240 e. The molecule has 27 heavy (non-hydrogen) atoms. The Bertz CT molecular complexity index is 686. The van der Waals surface area contributed by atoms with Crippen LogP contribution in [0.15, 0.2) is 24.3 Å². The Kier molecular flexibility index (Phi) is 8.76. The number of nitrogens with one attached hydrogen (secondary N) is 1. The number of methoxy groups -OCH3 is 1. The maximum Gasteiger partial charge on any atom is 0.240 e. The van der Waals surface area contributed by atoms with Crippen molar-refractivity contribution >= 4 is 33.4 Å². The first-order valence-electron chi connectivity index (χ1n) is 9.40. The highest BCUT2D eigenvalue weighted by molar-refractivity contribution is 7.99. The number of anilines is 1. The molecule has 1 aromatic rings. The van der Waals surface area contributed by atoms with Crippen molar-refractivity contribution < 1.29 is 17.9 Å². The lowest BCUT2D eigenvalue weighted by Crippen LogP contribution is -2.40. The summed E-state index contributed by atoms with van der Waals surface area (Å²) in [6, 6.07) is 6.61. The molecule has 152 valence electrons. The zero-order valence-electron chi connectivity index (χ0n) is 16.1. The van der Waals surface area contributed by atoms with Gasteiger partial charge in [-0.15, -0.1) is 0 Å². The third kappa shape index (κ3) is 7.62. The van der Waals surface area contributed by atoms with Crippen molar-refractivity contribution in [3.63, 3.8) is 0 Å². The van der Waals surface area contributed by atoms with E-state index in [1.54, 1.807) is 31.4 Å². The monoisotopic (exact) mass is 414 g/mol. The number of hydrogen-bond donors (Lipinski definition) is 1. The first-order valence-corrected chi connectivity index (χ1v) is 12.3. The molecule has 2 rings (SSSR count). The Morgan fingerprint density at radius 3 is 2.48 bits per heavy atom. The van der Waals surface area contributed by atoms with Crippen molar-refractivity contribution in [3.05, 3.63) is 24.3 Å². The highest BCUT2D eigenvalue weighted by atomic mass is 32.2. The van der Waals surface area contributed by atoms with Gasteiger partial charge in [-0.2, -0.15) is 11.8 Å². The molecule has 0 unspecified atom stereocenters. The van der Waals surface area contributed by atoms with Crippen LogP contribution in [-0.2, 0) is 14.8 Å². The second-order valence-corrected chi connectivity index (χ2v) is 10.1. The van der Waals surface area contributed by atoms with Crippen molar-refractivity contribution in [2.45, 2.75) is 43.8 Å². The SMILES string of the molecule is COc1ccc(N(CC(=O)NCCCSC2CCCCC2)S(C)(=O)=O)cc1. The van der Waals surface area contributed by atoms with E-state index in [0.29, 0.717) is 18.0 Å².